The molecular formula is C17H20BrNO3. The van der Waals surface area contributed by atoms with Crippen molar-refractivity contribution in [3.8, 4) is 11.5 Å². The van der Waals surface area contributed by atoms with Crippen LogP contribution >= 0.6 is 15.9 Å². The molecule has 0 amide bonds. The molecule has 1 aromatic carbocycles. The number of aliphatic hydroxyl groups excluding tert-OH is 1. The Kier molecular flexibility index (Phi) is 3.29. The lowest BCUT2D eigenvalue weighted by Crippen LogP contribution is -2.42. The van der Waals surface area contributed by atoms with E-state index in [0.717, 1.165) is 35.5 Å². The maximum Gasteiger partial charge on any atom is 0.166 e. The van der Waals surface area contributed by atoms with Gasteiger partial charge in [-0.25, -0.2) is 0 Å². The van der Waals surface area contributed by atoms with Crippen LogP contribution in [0.1, 0.15) is 24.0 Å². The van der Waals surface area contributed by atoms with Gasteiger partial charge in [-0.2, -0.15) is 0 Å². The van der Waals surface area contributed by atoms with Gasteiger partial charge in [0.15, 0.2) is 11.5 Å². The first kappa shape index (κ1) is 14.5. The second kappa shape index (κ2) is 4.98. The van der Waals surface area contributed by atoms with Gasteiger partial charge in [-0.3, -0.25) is 0 Å². The van der Waals surface area contributed by atoms with Crippen LogP contribution in [0.3, 0.4) is 0 Å². The summed E-state index contributed by atoms with van der Waals surface area (Å²) in [5.41, 5.74) is 2.38. The molecule has 1 spiro atoms. The van der Waals surface area contributed by atoms with E-state index in [1.165, 1.54) is 11.1 Å². The highest BCUT2D eigenvalue weighted by atomic mass is 79.9. The quantitative estimate of drug-likeness (QED) is 0.776. The van der Waals surface area contributed by atoms with Crippen molar-refractivity contribution in [3.63, 3.8) is 0 Å². The summed E-state index contributed by atoms with van der Waals surface area (Å²) in [5.74, 6) is 1.63. The number of halogens is 1. The van der Waals surface area contributed by atoms with E-state index in [1.807, 2.05) is 12.1 Å². The van der Waals surface area contributed by atoms with Gasteiger partial charge in [0.1, 0.15) is 6.10 Å². The number of ether oxygens (including phenoxy) is 2. The van der Waals surface area contributed by atoms with Gasteiger partial charge in [0.2, 0.25) is 0 Å². The van der Waals surface area contributed by atoms with Crippen molar-refractivity contribution < 1.29 is 14.6 Å². The van der Waals surface area contributed by atoms with E-state index >= 15 is 0 Å². The average molecular weight is 366 g/mol. The molecule has 5 heteroatoms. The Morgan fingerprint density at radius 2 is 2.32 bits per heavy atom. The highest BCUT2D eigenvalue weighted by Gasteiger charge is 2.53. The molecule has 4 rings (SSSR count). The number of rotatable bonds is 1. The second-order valence-corrected chi connectivity index (χ2v) is 7.39. The van der Waals surface area contributed by atoms with Gasteiger partial charge in [-0.05, 0) is 31.6 Å². The summed E-state index contributed by atoms with van der Waals surface area (Å²) in [4.78, 5) is 2.34. The number of hydrogen-bond acceptors (Lipinski definition) is 4. The van der Waals surface area contributed by atoms with Crippen LogP contribution in [0, 0.1) is 0 Å². The summed E-state index contributed by atoms with van der Waals surface area (Å²) in [6.07, 6.45) is 5.29. The summed E-state index contributed by atoms with van der Waals surface area (Å²) in [6.45, 7) is 1.89. The van der Waals surface area contributed by atoms with Gasteiger partial charge in [-0.15, -0.1) is 0 Å². The normalized spacial score (nSPS) is 32.9. The molecule has 4 nitrogen and oxygen atoms in total. The fourth-order valence-corrected chi connectivity index (χ4v) is 4.63. The number of benzene rings is 1. The van der Waals surface area contributed by atoms with Gasteiger partial charge in [-0.1, -0.05) is 28.1 Å². The lowest BCUT2D eigenvalue weighted by atomic mass is 9.69. The number of hydrogen-bond donors (Lipinski definition) is 1. The summed E-state index contributed by atoms with van der Waals surface area (Å²) in [7, 11) is 3.83. The maximum atomic E-state index is 10.0. The van der Waals surface area contributed by atoms with Crippen LogP contribution in [0.25, 0.3) is 0 Å². The molecule has 0 saturated heterocycles. The summed E-state index contributed by atoms with van der Waals surface area (Å²) in [5, 5.41) is 10.0. The van der Waals surface area contributed by atoms with Crippen molar-refractivity contribution in [1.29, 1.82) is 0 Å². The molecule has 2 heterocycles. The molecule has 3 atom stereocenters. The largest absolute Gasteiger partial charge is 0.493 e. The lowest BCUT2D eigenvalue weighted by Gasteiger charge is -2.35. The SMILES string of the molecule is COc1cc(Br)c2c3c1OC1CC(O)C=CC31CCN(C)C2. The van der Waals surface area contributed by atoms with Crippen molar-refractivity contribution in [2.24, 2.45) is 0 Å². The Labute approximate surface area is 138 Å². The third-order valence-electron chi connectivity index (χ3n) is 5.23. The van der Waals surface area contributed by atoms with E-state index in [1.54, 1.807) is 7.11 Å². The van der Waals surface area contributed by atoms with E-state index in [0.29, 0.717) is 6.42 Å². The predicted molar refractivity (Wildman–Crippen MR) is 87.5 cm³/mol. The van der Waals surface area contributed by atoms with Crippen LogP contribution in [0.15, 0.2) is 22.7 Å². The van der Waals surface area contributed by atoms with Crippen molar-refractivity contribution in [3.05, 3.63) is 33.8 Å². The highest BCUT2D eigenvalue weighted by Crippen LogP contribution is 2.57. The summed E-state index contributed by atoms with van der Waals surface area (Å²) < 4.78 is 12.9. The van der Waals surface area contributed by atoms with E-state index in [2.05, 4.69) is 34.0 Å². The average Bonchev–Trinajstić information content (AvgIpc) is 2.74. The Balaban J connectivity index is 2.00. The third kappa shape index (κ3) is 1.88. The third-order valence-corrected chi connectivity index (χ3v) is 5.93. The van der Waals surface area contributed by atoms with E-state index in [-0.39, 0.29) is 11.5 Å². The molecule has 118 valence electrons. The molecule has 0 radical (unpaired) electrons. The van der Waals surface area contributed by atoms with E-state index in [4.69, 9.17) is 9.47 Å². The maximum absolute atomic E-state index is 10.0. The number of nitrogens with zero attached hydrogens (tertiary/aromatic N) is 1. The van der Waals surface area contributed by atoms with Crippen LogP contribution in [0.5, 0.6) is 11.5 Å². The molecule has 0 bridgehead atoms. The fraction of sp³-hybridized carbons (Fsp3) is 0.529. The van der Waals surface area contributed by atoms with Gasteiger partial charge in [0.25, 0.3) is 0 Å². The van der Waals surface area contributed by atoms with Gasteiger partial charge >= 0.3 is 0 Å². The minimum absolute atomic E-state index is 0.0176. The highest BCUT2D eigenvalue weighted by molar-refractivity contribution is 9.10. The number of methoxy groups -OCH3 is 1. The monoisotopic (exact) mass is 365 g/mol. The topological polar surface area (TPSA) is 41.9 Å². The van der Waals surface area contributed by atoms with E-state index < -0.39 is 6.10 Å². The first-order valence-electron chi connectivity index (χ1n) is 7.67. The lowest BCUT2D eigenvalue weighted by molar-refractivity contribution is 0.0821. The Morgan fingerprint density at radius 1 is 1.50 bits per heavy atom. The number of aliphatic hydroxyl groups is 1. The van der Waals surface area contributed by atoms with Crippen molar-refractivity contribution in [2.75, 3.05) is 20.7 Å². The molecule has 1 N–H and O–H groups in total. The van der Waals surface area contributed by atoms with E-state index in [9.17, 15) is 5.11 Å². The summed E-state index contributed by atoms with van der Waals surface area (Å²) >= 11 is 3.71. The molecule has 22 heavy (non-hydrogen) atoms. The zero-order valence-electron chi connectivity index (χ0n) is 12.8. The Morgan fingerprint density at radius 3 is 3.09 bits per heavy atom. The molecular weight excluding hydrogens is 346 g/mol. The molecule has 1 aromatic rings. The van der Waals surface area contributed by atoms with Crippen molar-refractivity contribution in [2.45, 2.75) is 37.0 Å². The predicted octanol–water partition coefficient (Wildman–Crippen LogP) is 2.61. The first-order valence-corrected chi connectivity index (χ1v) is 8.47. The minimum atomic E-state index is -0.427. The zero-order valence-corrected chi connectivity index (χ0v) is 14.4. The second-order valence-electron chi connectivity index (χ2n) is 6.54. The summed E-state index contributed by atoms with van der Waals surface area (Å²) in [6, 6.07) is 2.00. The zero-order chi connectivity index (χ0) is 15.5. The minimum Gasteiger partial charge on any atom is -0.493 e. The first-order chi connectivity index (χ1) is 10.5. The molecule has 2 aliphatic heterocycles. The van der Waals surface area contributed by atoms with Gasteiger partial charge in [0.05, 0.1) is 18.6 Å². The smallest absolute Gasteiger partial charge is 0.166 e. The molecule has 0 fully saturated rings. The van der Waals surface area contributed by atoms with Gasteiger partial charge in [0, 0.05) is 23.0 Å². The van der Waals surface area contributed by atoms with Crippen LogP contribution in [0.4, 0.5) is 0 Å². The van der Waals surface area contributed by atoms with Crippen LogP contribution < -0.4 is 9.47 Å². The fourth-order valence-electron chi connectivity index (χ4n) is 4.10. The van der Waals surface area contributed by atoms with Crippen LogP contribution in [-0.2, 0) is 12.0 Å². The standard InChI is InChI=1S/C17H20BrNO3/c1-19-6-5-17-4-3-10(20)7-14(17)22-16-13(21-2)8-12(18)11(9-19)15(16)17/h3-4,8,10,14,20H,5-7,9H2,1-2H3. The molecule has 1 aliphatic carbocycles. The van der Waals surface area contributed by atoms with Crippen molar-refractivity contribution in [1.82, 2.24) is 4.90 Å². The molecule has 3 unspecified atom stereocenters. The van der Waals surface area contributed by atoms with Crippen molar-refractivity contribution >= 4 is 15.9 Å². The Bertz CT molecular complexity index is 660. The van der Waals surface area contributed by atoms with Crippen LogP contribution in [-0.4, -0.2) is 42.9 Å². The van der Waals surface area contributed by atoms with Crippen LogP contribution in [0.2, 0.25) is 0 Å². The van der Waals surface area contributed by atoms with Gasteiger partial charge < -0.3 is 19.5 Å². The Hall–Kier alpha value is -1.04. The molecule has 3 aliphatic rings. The molecule has 0 aromatic heterocycles. The molecule has 0 saturated carbocycles.